The molecule has 0 saturated heterocycles. The predicted octanol–water partition coefficient (Wildman–Crippen LogP) is 2.17. The average molecular weight is 294 g/mol. The second kappa shape index (κ2) is 5.71. The number of carbonyl (C=O) groups is 2. The molecule has 2 atom stereocenters. The third-order valence-electron chi connectivity index (χ3n) is 4.24. The van der Waals surface area contributed by atoms with Crippen molar-refractivity contribution < 1.29 is 19.1 Å². The highest BCUT2D eigenvalue weighted by Gasteiger charge is 2.44. The van der Waals surface area contributed by atoms with Crippen LogP contribution in [0.25, 0.3) is 0 Å². The Bertz CT molecular complexity index is 576. The van der Waals surface area contributed by atoms with Gasteiger partial charge in [-0.25, -0.2) is 4.39 Å². The van der Waals surface area contributed by atoms with Crippen molar-refractivity contribution in [3.63, 3.8) is 0 Å². The summed E-state index contributed by atoms with van der Waals surface area (Å²) >= 11 is 0. The molecule has 0 heterocycles. The monoisotopic (exact) mass is 294 g/mol. The number of halogens is 1. The van der Waals surface area contributed by atoms with E-state index in [0.717, 1.165) is 18.9 Å². The van der Waals surface area contributed by atoms with Gasteiger partial charge < -0.3 is 16.2 Å². The van der Waals surface area contributed by atoms with Crippen LogP contribution in [0, 0.1) is 11.2 Å². The maximum atomic E-state index is 13.7. The zero-order chi connectivity index (χ0) is 15.6. The molecule has 0 spiro atoms. The summed E-state index contributed by atoms with van der Waals surface area (Å²) in [6, 6.07) is 3.32. The van der Waals surface area contributed by atoms with E-state index in [9.17, 15) is 19.1 Å². The van der Waals surface area contributed by atoms with Gasteiger partial charge in [-0.2, -0.15) is 0 Å². The molecule has 0 radical (unpaired) electrons. The fraction of sp³-hybridized carbons (Fsp3) is 0.467. The Morgan fingerprint density at radius 1 is 1.43 bits per heavy atom. The zero-order valence-electron chi connectivity index (χ0n) is 11.9. The summed E-state index contributed by atoms with van der Waals surface area (Å²) < 4.78 is 13.7. The topological polar surface area (TPSA) is 92.4 Å². The number of carbonyl (C=O) groups excluding carboxylic acids is 1. The number of hydrogen-bond acceptors (Lipinski definition) is 3. The van der Waals surface area contributed by atoms with Crippen molar-refractivity contribution in [1.82, 2.24) is 5.32 Å². The van der Waals surface area contributed by atoms with Gasteiger partial charge >= 0.3 is 5.97 Å². The molecule has 1 aliphatic rings. The van der Waals surface area contributed by atoms with Gasteiger partial charge in [0.2, 0.25) is 0 Å². The number of hydrogen-bond donors (Lipinski definition) is 3. The molecule has 0 aliphatic heterocycles. The van der Waals surface area contributed by atoms with Crippen LogP contribution in [0.15, 0.2) is 18.2 Å². The smallest absolute Gasteiger partial charge is 0.311 e. The molecule has 2 rings (SSSR count). The van der Waals surface area contributed by atoms with E-state index >= 15 is 0 Å². The van der Waals surface area contributed by atoms with Crippen LogP contribution in [0.4, 0.5) is 10.1 Å². The van der Waals surface area contributed by atoms with Crippen molar-refractivity contribution in [1.29, 1.82) is 0 Å². The van der Waals surface area contributed by atoms with Crippen LogP contribution >= 0.6 is 0 Å². The quantitative estimate of drug-likeness (QED) is 0.745. The summed E-state index contributed by atoms with van der Waals surface area (Å²) in [7, 11) is 0. The van der Waals surface area contributed by atoms with E-state index in [-0.39, 0.29) is 11.3 Å². The number of carboxylic acids is 1. The van der Waals surface area contributed by atoms with Crippen LogP contribution in [-0.2, 0) is 4.79 Å². The number of amides is 1. The predicted molar refractivity (Wildman–Crippen MR) is 76.3 cm³/mol. The number of rotatable bonds is 3. The third kappa shape index (κ3) is 2.99. The van der Waals surface area contributed by atoms with Gasteiger partial charge in [0.1, 0.15) is 5.82 Å². The average Bonchev–Trinajstić information content (AvgIpc) is 2.41. The fourth-order valence-corrected chi connectivity index (χ4v) is 2.77. The third-order valence-corrected chi connectivity index (χ3v) is 4.24. The first-order valence-electron chi connectivity index (χ1n) is 6.94. The Morgan fingerprint density at radius 3 is 2.76 bits per heavy atom. The number of carboxylic acid groups (broad SMARTS) is 1. The second-order valence-electron chi connectivity index (χ2n) is 5.73. The molecule has 1 saturated carbocycles. The summed E-state index contributed by atoms with van der Waals surface area (Å²) in [5.41, 5.74) is 4.54. The normalized spacial score (nSPS) is 25.3. The number of anilines is 1. The van der Waals surface area contributed by atoms with Crippen molar-refractivity contribution in [3.05, 3.63) is 29.6 Å². The fourth-order valence-electron chi connectivity index (χ4n) is 2.77. The molecule has 1 fully saturated rings. The zero-order valence-corrected chi connectivity index (χ0v) is 11.9. The first-order chi connectivity index (χ1) is 9.84. The van der Waals surface area contributed by atoms with E-state index in [1.807, 2.05) is 0 Å². The summed E-state index contributed by atoms with van der Waals surface area (Å²) in [6.07, 6.45) is 2.73. The molecule has 6 heteroatoms. The van der Waals surface area contributed by atoms with Gasteiger partial charge in [0.15, 0.2) is 0 Å². The maximum absolute atomic E-state index is 13.7. The van der Waals surface area contributed by atoms with E-state index in [1.165, 1.54) is 12.1 Å². The number of benzene rings is 1. The molecule has 2 unspecified atom stereocenters. The minimum absolute atomic E-state index is 0.123. The summed E-state index contributed by atoms with van der Waals surface area (Å²) in [6.45, 7) is 1.62. The summed E-state index contributed by atoms with van der Waals surface area (Å²) in [4.78, 5) is 23.6. The Balaban J connectivity index is 2.19. The van der Waals surface area contributed by atoms with Gasteiger partial charge in [0, 0.05) is 11.7 Å². The lowest BCUT2D eigenvalue weighted by molar-refractivity contribution is -0.151. The largest absolute Gasteiger partial charge is 0.481 e. The highest BCUT2D eigenvalue weighted by Crippen LogP contribution is 2.36. The molecule has 1 amide bonds. The van der Waals surface area contributed by atoms with Crippen LogP contribution in [0.1, 0.15) is 43.0 Å². The molecule has 5 nitrogen and oxygen atoms in total. The van der Waals surface area contributed by atoms with E-state index in [0.29, 0.717) is 12.8 Å². The van der Waals surface area contributed by atoms with Crippen LogP contribution < -0.4 is 11.1 Å². The lowest BCUT2D eigenvalue weighted by atomic mass is 9.71. The molecule has 1 aliphatic carbocycles. The van der Waals surface area contributed by atoms with Crippen molar-refractivity contribution in [2.45, 2.75) is 38.6 Å². The summed E-state index contributed by atoms with van der Waals surface area (Å²) in [5.74, 6) is -2.25. The molecule has 1 aromatic carbocycles. The maximum Gasteiger partial charge on any atom is 0.311 e. The van der Waals surface area contributed by atoms with E-state index < -0.39 is 29.2 Å². The molecule has 0 aromatic heterocycles. The molecular weight excluding hydrogens is 275 g/mol. The van der Waals surface area contributed by atoms with Crippen LogP contribution in [0.5, 0.6) is 0 Å². The van der Waals surface area contributed by atoms with E-state index in [2.05, 4.69) is 5.32 Å². The molecular formula is C15H19FN2O3. The summed E-state index contributed by atoms with van der Waals surface area (Å²) in [5, 5.41) is 12.1. The van der Waals surface area contributed by atoms with Crippen molar-refractivity contribution in [2.24, 2.45) is 5.41 Å². The van der Waals surface area contributed by atoms with Crippen molar-refractivity contribution in [3.8, 4) is 0 Å². The number of nitrogen functional groups attached to an aromatic ring is 1. The molecule has 21 heavy (non-hydrogen) atoms. The molecule has 114 valence electrons. The van der Waals surface area contributed by atoms with E-state index in [1.54, 1.807) is 6.92 Å². The highest BCUT2D eigenvalue weighted by molar-refractivity contribution is 5.95. The van der Waals surface area contributed by atoms with Gasteiger partial charge in [-0.05, 0) is 38.0 Å². The Kier molecular flexibility index (Phi) is 4.16. The van der Waals surface area contributed by atoms with Crippen LogP contribution in [-0.4, -0.2) is 23.0 Å². The minimum Gasteiger partial charge on any atom is -0.481 e. The van der Waals surface area contributed by atoms with E-state index in [4.69, 9.17) is 5.73 Å². The van der Waals surface area contributed by atoms with Gasteiger partial charge in [-0.15, -0.1) is 0 Å². The van der Waals surface area contributed by atoms with Gasteiger partial charge in [0.05, 0.1) is 11.0 Å². The SMILES string of the molecule is CC1(C(=O)O)CCCCC1NC(=O)c1ccc(N)cc1F. The number of nitrogens with two attached hydrogens (primary N) is 1. The van der Waals surface area contributed by atoms with Gasteiger partial charge in [-0.3, -0.25) is 9.59 Å². The van der Waals surface area contributed by atoms with Crippen LogP contribution in [0.2, 0.25) is 0 Å². The number of nitrogens with one attached hydrogen (secondary N) is 1. The lowest BCUT2D eigenvalue weighted by Gasteiger charge is -2.38. The number of aliphatic carboxylic acids is 1. The van der Waals surface area contributed by atoms with Crippen LogP contribution in [0.3, 0.4) is 0 Å². The first-order valence-corrected chi connectivity index (χ1v) is 6.94. The minimum atomic E-state index is -1.02. The molecule has 1 aromatic rings. The lowest BCUT2D eigenvalue weighted by Crippen LogP contribution is -2.52. The standard InChI is InChI=1S/C15H19FN2O3/c1-15(14(20)21)7-3-2-4-12(15)18-13(19)10-6-5-9(17)8-11(10)16/h5-6,8,12H,2-4,7,17H2,1H3,(H,18,19)(H,20,21). The Morgan fingerprint density at radius 2 is 2.14 bits per heavy atom. The Hall–Kier alpha value is -2.11. The second-order valence-corrected chi connectivity index (χ2v) is 5.73. The van der Waals surface area contributed by atoms with Crippen molar-refractivity contribution >= 4 is 17.6 Å². The van der Waals surface area contributed by atoms with Crippen molar-refractivity contribution in [2.75, 3.05) is 5.73 Å². The first kappa shape index (κ1) is 15.3. The van der Waals surface area contributed by atoms with Gasteiger partial charge in [-0.1, -0.05) is 12.8 Å². The molecule has 4 N–H and O–H groups in total. The molecule has 0 bridgehead atoms. The highest BCUT2D eigenvalue weighted by atomic mass is 19.1. The Labute approximate surface area is 122 Å². The van der Waals surface area contributed by atoms with Gasteiger partial charge in [0.25, 0.3) is 5.91 Å².